The highest BCUT2D eigenvalue weighted by atomic mass is 35.5. The molecule has 0 bridgehead atoms. The van der Waals surface area contributed by atoms with Gasteiger partial charge >= 0.3 is 0 Å². The molecule has 28 heavy (non-hydrogen) atoms. The van der Waals surface area contributed by atoms with Gasteiger partial charge in [0.1, 0.15) is 5.69 Å². The molecule has 0 aliphatic heterocycles. The van der Waals surface area contributed by atoms with Gasteiger partial charge in [-0.15, -0.1) is 0 Å². The van der Waals surface area contributed by atoms with E-state index in [0.717, 1.165) is 11.3 Å². The lowest BCUT2D eigenvalue weighted by Gasteiger charge is -2.05. The molecule has 1 aromatic carbocycles. The van der Waals surface area contributed by atoms with Crippen LogP contribution in [0.2, 0.25) is 5.02 Å². The number of nitrogens with one attached hydrogen (secondary N) is 3. The zero-order valence-electron chi connectivity index (χ0n) is 14.5. The number of aromatic nitrogens is 3. The number of H-pyrrole nitrogens is 1. The molecule has 0 spiro atoms. The fraction of sp³-hybridized carbons (Fsp3) is 0.111. The minimum atomic E-state index is -1.21. The summed E-state index contributed by atoms with van der Waals surface area (Å²) >= 11 is 5.76. The van der Waals surface area contributed by atoms with Crippen LogP contribution in [-0.4, -0.2) is 27.0 Å². The Bertz CT molecular complexity index is 1050. The second-order valence-corrected chi connectivity index (χ2v) is 6.22. The zero-order chi connectivity index (χ0) is 20.3. The van der Waals surface area contributed by atoms with Crippen LogP contribution in [0.3, 0.4) is 0 Å². The minimum Gasteiger partial charge on any atom is -0.345 e. The molecule has 0 atom stereocenters. The van der Waals surface area contributed by atoms with Crippen LogP contribution in [-0.2, 0) is 6.54 Å². The number of aryl methyl sites for hydroxylation is 1. The first-order valence-corrected chi connectivity index (χ1v) is 8.43. The van der Waals surface area contributed by atoms with Gasteiger partial charge in [-0.25, -0.2) is 8.78 Å². The predicted octanol–water partition coefficient (Wildman–Crippen LogP) is 3.23. The Hall–Kier alpha value is -3.33. The number of rotatable bonds is 5. The summed E-state index contributed by atoms with van der Waals surface area (Å²) < 4.78 is 26.4. The third kappa shape index (κ3) is 4.32. The lowest BCUT2D eigenvalue weighted by atomic mass is 10.2. The van der Waals surface area contributed by atoms with Gasteiger partial charge in [0.05, 0.1) is 22.8 Å². The number of pyridine rings is 1. The molecule has 10 heteroatoms. The number of hydrogen-bond acceptors (Lipinski definition) is 4. The lowest BCUT2D eigenvalue weighted by Crippen LogP contribution is -2.24. The third-order valence-corrected chi connectivity index (χ3v) is 4.17. The normalized spacial score (nSPS) is 10.6. The second-order valence-electron chi connectivity index (χ2n) is 5.82. The average Bonchev–Trinajstić information content (AvgIpc) is 3.12. The number of halogens is 3. The molecule has 3 N–H and O–H groups in total. The van der Waals surface area contributed by atoms with Crippen molar-refractivity contribution in [3.8, 4) is 0 Å². The SMILES string of the molecule is Cc1cccnc1CNC(=O)c1cc(NC(=O)c2cc(F)c(F)cc2Cl)n[nH]1. The summed E-state index contributed by atoms with van der Waals surface area (Å²) in [5.74, 6) is -3.61. The summed E-state index contributed by atoms with van der Waals surface area (Å²) in [6.45, 7) is 2.10. The van der Waals surface area contributed by atoms with Crippen molar-refractivity contribution >= 4 is 29.2 Å². The number of carbonyl (C=O) groups is 2. The summed E-state index contributed by atoms with van der Waals surface area (Å²) in [5.41, 5.74) is 1.49. The summed E-state index contributed by atoms with van der Waals surface area (Å²) in [7, 11) is 0. The highest BCUT2D eigenvalue weighted by Crippen LogP contribution is 2.21. The number of carbonyl (C=O) groups excluding carboxylic acids is 2. The van der Waals surface area contributed by atoms with Gasteiger partial charge < -0.3 is 10.6 Å². The Morgan fingerprint density at radius 1 is 1.18 bits per heavy atom. The fourth-order valence-corrected chi connectivity index (χ4v) is 2.58. The Labute approximate surface area is 163 Å². The van der Waals surface area contributed by atoms with Crippen LogP contribution in [0.5, 0.6) is 0 Å². The molecule has 2 amide bonds. The lowest BCUT2D eigenvalue weighted by molar-refractivity contribution is 0.0944. The van der Waals surface area contributed by atoms with Crippen molar-refractivity contribution in [3.05, 3.63) is 75.7 Å². The molecule has 3 rings (SSSR count). The van der Waals surface area contributed by atoms with Gasteiger partial charge in [-0.3, -0.25) is 19.7 Å². The molecule has 0 saturated carbocycles. The number of anilines is 1. The number of amides is 2. The summed E-state index contributed by atoms with van der Waals surface area (Å²) in [6, 6.07) is 6.36. The molecule has 3 aromatic rings. The van der Waals surface area contributed by atoms with Gasteiger partial charge in [0, 0.05) is 12.3 Å². The monoisotopic (exact) mass is 405 g/mol. The maximum absolute atomic E-state index is 13.3. The molecule has 2 heterocycles. The van der Waals surface area contributed by atoms with Gasteiger partial charge in [0.15, 0.2) is 17.5 Å². The van der Waals surface area contributed by atoms with E-state index < -0.39 is 23.4 Å². The van der Waals surface area contributed by atoms with Crippen LogP contribution < -0.4 is 10.6 Å². The van der Waals surface area contributed by atoms with Crippen LogP contribution >= 0.6 is 11.6 Å². The number of benzene rings is 1. The average molecular weight is 406 g/mol. The number of aromatic amines is 1. The van der Waals surface area contributed by atoms with Gasteiger partial charge in [-0.05, 0) is 30.7 Å². The molecule has 2 aromatic heterocycles. The van der Waals surface area contributed by atoms with Crippen molar-refractivity contribution in [1.29, 1.82) is 0 Å². The van der Waals surface area contributed by atoms with Crippen molar-refractivity contribution in [3.63, 3.8) is 0 Å². The van der Waals surface area contributed by atoms with E-state index in [4.69, 9.17) is 11.6 Å². The van der Waals surface area contributed by atoms with Crippen molar-refractivity contribution in [2.75, 3.05) is 5.32 Å². The molecule has 0 aliphatic rings. The second kappa shape index (κ2) is 8.13. The highest BCUT2D eigenvalue weighted by molar-refractivity contribution is 6.34. The van der Waals surface area contributed by atoms with Gasteiger partial charge in [-0.1, -0.05) is 17.7 Å². The van der Waals surface area contributed by atoms with Crippen molar-refractivity contribution in [2.24, 2.45) is 0 Å². The van der Waals surface area contributed by atoms with Crippen LogP contribution in [0.1, 0.15) is 32.1 Å². The van der Waals surface area contributed by atoms with Crippen LogP contribution in [0.25, 0.3) is 0 Å². The first kappa shape index (κ1) is 19.4. The number of hydrogen-bond donors (Lipinski definition) is 3. The molecule has 0 saturated heterocycles. The fourth-order valence-electron chi connectivity index (χ4n) is 2.34. The Kier molecular flexibility index (Phi) is 5.65. The summed E-state index contributed by atoms with van der Waals surface area (Å²) in [4.78, 5) is 28.6. The van der Waals surface area contributed by atoms with Crippen molar-refractivity contribution in [1.82, 2.24) is 20.5 Å². The molecular formula is C18H14ClF2N5O2. The molecule has 7 nitrogen and oxygen atoms in total. The van der Waals surface area contributed by atoms with Crippen LogP contribution in [0.4, 0.5) is 14.6 Å². The first-order chi connectivity index (χ1) is 13.3. The predicted molar refractivity (Wildman–Crippen MR) is 98.1 cm³/mol. The van der Waals surface area contributed by atoms with Crippen molar-refractivity contribution in [2.45, 2.75) is 13.5 Å². The van der Waals surface area contributed by atoms with E-state index in [1.54, 1.807) is 12.3 Å². The Balaban J connectivity index is 1.65. The third-order valence-electron chi connectivity index (χ3n) is 3.85. The summed E-state index contributed by atoms with van der Waals surface area (Å²) in [6.07, 6.45) is 1.63. The maximum Gasteiger partial charge on any atom is 0.269 e. The molecule has 0 fully saturated rings. The minimum absolute atomic E-state index is 0.0185. The smallest absolute Gasteiger partial charge is 0.269 e. The summed E-state index contributed by atoms with van der Waals surface area (Å²) in [5, 5.41) is 11.1. The van der Waals surface area contributed by atoms with Gasteiger partial charge in [-0.2, -0.15) is 5.10 Å². The largest absolute Gasteiger partial charge is 0.345 e. The molecule has 144 valence electrons. The Morgan fingerprint density at radius 2 is 1.93 bits per heavy atom. The number of nitrogens with zero attached hydrogens (tertiary/aromatic N) is 2. The van der Waals surface area contributed by atoms with E-state index in [0.29, 0.717) is 12.1 Å². The quantitative estimate of drug-likeness (QED) is 0.567. The zero-order valence-corrected chi connectivity index (χ0v) is 15.3. The highest BCUT2D eigenvalue weighted by Gasteiger charge is 2.17. The van der Waals surface area contributed by atoms with Gasteiger partial charge in [0.2, 0.25) is 0 Å². The van der Waals surface area contributed by atoms with E-state index in [9.17, 15) is 18.4 Å². The molecule has 0 unspecified atom stereocenters. The van der Waals surface area contributed by atoms with E-state index in [2.05, 4.69) is 25.8 Å². The van der Waals surface area contributed by atoms with E-state index in [-0.39, 0.29) is 28.6 Å². The Morgan fingerprint density at radius 3 is 2.68 bits per heavy atom. The maximum atomic E-state index is 13.3. The first-order valence-electron chi connectivity index (χ1n) is 8.05. The van der Waals surface area contributed by atoms with Crippen molar-refractivity contribution < 1.29 is 18.4 Å². The van der Waals surface area contributed by atoms with Gasteiger partial charge in [0.25, 0.3) is 11.8 Å². The molecule has 0 aliphatic carbocycles. The van der Waals surface area contributed by atoms with E-state index in [1.807, 2.05) is 13.0 Å². The van der Waals surface area contributed by atoms with Crippen LogP contribution in [0, 0.1) is 18.6 Å². The topological polar surface area (TPSA) is 99.8 Å². The van der Waals surface area contributed by atoms with E-state index in [1.165, 1.54) is 6.07 Å². The molecular weight excluding hydrogens is 392 g/mol. The molecule has 0 radical (unpaired) electrons. The standard InChI is InChI=1S/C18H14ClF2N5O2/c1-9-3-2-4-22-15(9)8-23-18(28)14-7-16(26-25-14)24-17(27)10-5-12(20)13(21)6-11(10)19/h2-7H,8H2,1H3,(H,23,28)(H2,24,25,26,27). The van der Waals surface area contributed by atoms with E-state index >= 15 is 0 Å². The van der Waals surface area contributed by atoms with Crippen LogP contribution in [0.15, 0.2) is 36.5 Å².